The number of hydrogen-bond donors (Lipinski definition) is 2. The number of benzene rings is 2. The lowest BCUT2D eigenvalue weighted by molar-refractivity contribution is -0.114. The van der Waals surface area contributed by atoms with Gasteiger partial charge in [-0.1, -0.05) is 0 Å². The van der Waals surface area contributed by atoms with E-state index in [-0.39, 0.29) is 11.8 Å². The van der Waals surface area contributed by atoms with Crippen LogP contribution in [0.5, 0.6) is 0 Å². The minimum absolute atomic E-state index is 0.125. The molecule has 0 aliphatic rings. The van der Waals surface area contributed by atoms with Crippen molar-refractivity contribution in [3.05, 3.63) is 54.1 Å². The molecule has 24 heavy (non-hydrogen) atoms. The molecule has 2 N–H and O–H groups in total. The molecule has 0 spiro atoms. The Morgan fingerprint density at radius 2 is 1.33 bits per heavy atom. The van der Waals surface area contributed by atoms with Crippen LogP contribution in [0.15, 0.2) is 48.5 Å². The van der Waals surface area contributed by atoms with Crippen LogP contribution in [0.25, 0.3) is 0 Å². The van der Waals surface area contributed by atoms with Crippen molar-refractivity contribution in [3.63, 3.8) is 0 Å². The summed E-state index contributed by atoms with van der Waals surface area (Å²) < 4.78 is 0. The van der Waals surface area contributed by atoms with Crippen LogP contribution in [0, 0.1) is 0 Å². The van der Waals surface area contributed by atoms with Gasteiger partial charge in [-0.2, -0.15) is 0 Å². The van der Waals surface area contributed by atoms with E-state index in [0.29, 0.717) is 16.9 Å². The molecule has 0 bridgehead atoms. The van der Waals surface area contributed by atoms with Gasteiger partial charge in [0.25, 0.3) is 5.91 Å². The van der Waals surface area contributed by atoms with Gasteiger partial charge >= 0.3 is 0 Å². The normalized spacial score (nSPS) is 10.1. The third-order valence-corrected chi connectivity index (χ3v) is 3.72. The molecular formula is C19H23N3O2. The lowest BCUT2D eigenvalue weighted by Crippen LogP contribution is -2.21. The highest BCUT2D eigenvalue weighted by molar-refractivity contribution is 6.04. The molecule has 5 heteroatoms. The van der Waals surface area contributed by atoms with Crippen LogP contribution in [-0.2, 0) is 4.79 Å². The molecule has 0 aliphatic heterocycles. The summed E-state index contributed by atoms with van der Waals surface area (Å²) in [5.74, 6) is -0.284. The van der Waals surface area contributed by atoms with Crippen LogP contribution in [0.4, 0.5) is 17.1 Å². The maximum absolute atomic E-state index is 12.3. The summed E-state index contributed by atoms with van der Waals surface area (Å²) in [5, 5.41) is 5.54. The maximum Gasteiger partial charge on any atom is 0.255 e. The summed E-state index contributed by atoms with van der Waals surface area (Å²) in [6, 6.07) is 14.6. The number of amides is 2. The molecule has 0 aliphatic carbocycles. The van der Waals surface area contributed by atoms with Crippen molar-refractivity contribution in [3.8, 4) is 0 Å². The van der Waals surface area contributed by atoms with E-state index in [4.69, 9.17) is 0 Å². The number of nitrogens with zero attached hydrogens (tertiary/aromatic N) is 1. The van der Waals surface area contributed by atoms with Crippen LogP contribution in [0.1, 0.15) is 31.1 Å². The summed E-state index contributed by atoms with van der Waals surface area (Å²) >= 11 is 0. The number of carbonyl (C=O) groups is 2. The molecule has 0 heterocycles. The first-order chi connectivity index (χ1) is 11.5. The van der Waals surface area contributed by atoms with Gasteiger partial charge in [0.15, 0.2) is 0 Å². The van der Waals surface area contributed by atoms with Crippen LogP contribution in [-0.4, -0.2) is 24.9 Å². The molecule has 0 fully saturated rings. The Balaban J connectivity index is 2.02. The maximum atomic E-state index is 12.3. The minimum Gasteiger partial charge on any atom is -0.372 e. The second-order valence-corrected chi connectivity index (χ2v) is 5.43. The van der Waals surface area contributed by atoms with Crippen molar-refractivity contribution in [2.24, 2.45) is 0 Å². The first kappa shape index (κ1) is 17.5. The molecule has 0 saturated heterocycles. The van der Waals surface area contributed by atoms with E-state index in [1.54, 1.807) is 24.3 Å². The van der Waals surface area contributed by atoms with Crippen molar-refractivity contribution in [2.45, 2.75) is 20.8 Å². The number of rotatable bonds is 6. The fraction of sp³-hybridized carbons (Fsp3) is 0.263. The Kier molecular flexibility index (Phi) is 5.95. The van der Waals surface area contributed by atoms with Gasteiger partial charge in [0.1, 0.15) is 0 Å². The SMILES string of the molecule is CCN(CC)c1ccc(C(=O)Nc2ccc(NC(C)=O)cc2)cc1. The number of anilines is 3. The van der Waals surface area contributed by atoms with Crippen molar-refractivity contribution in [1.29, 1.82) is 0 Å². The minimum atomic E-state index is -0.159. The Morgan fingerprint density at radius 3 is 1.79 bits per heavy atom. The largest absolute Gasteiger partial charge is 0.372 e. The molecule has 2 aromatic carbocycles. The third-order valence-electron chi connectivity index (χ3n) is 3.72. The van der Waals surface area contributed by atoms with Crippen LogP contribution < -0.4 is 15.5 Å². The summed E-state index contributed by atoms with van der Waals surface area (Å²) in [5.41, 5.74) is 3.10. The number of carbonyl (C=O) groups excluding carboxylic acids is 2. The Morgan fingerprint density at radius 1 is 0.833 bits per heavy atom. The van der Waals surface area contributed by atoms with Crippen molar-refractivity contribution in [1.82, 2.24) is 0 Å². The monoisotopic (exact) mass is 325 g/mol. The van der Waals surface area contributed by atoms with Gasteiger partial charge in [-0.3, -0.25) is 9.59 Å². The topological polar surface area (TPSA) is 61.4 Å². The smallest absolute Gasteiger partial charge is 0.255 e. The van der Waals surface area contributed by atoms with E-state index < -0.39 is 0 Å². The molecule has 0 radical (unpaired) electrons. The molecule has 0 saturated carbocycles. The molecule has 2 aromatic rings. The second kappa shape index (κ2) is 8.15. The molecule has 126 valence electrons. The van der Waals surface area contributed by atoms with Gasteiger partial charge in [-0.15, -0.1) is 0 Å². The van der Waals surface area contributed by atoms with Gasteiger partial charge in [-0.25, -0.2) is 0 Å². The predicted molar refractivity (Wildman–Crippen MR) is 98.7 cm³/mol. The Bertz CT molecular complexity index is 690. The Labute approximate surface area is 142 Å². The summed E-state index contributed by atoms with van der Waals surface area (Å²) in [6.07, 6.45) is 0. The van der Waals surface area contributed by atoms with Gasteiger partial charge < -0.3 is 15.5 Å². The predicted octanol–water partition coefficient (Wildman–Crippen LogP) is 3.74. The zero-order valence-electron chi connectivity index (χ0n) is 14.3. The van der Waals surface area contributed by atoms with E-state index in [2.05, 4.69) is 29.4 Å². The highest BCUT2D eigenvalue weighted by Gasteiger charge is 2.08. The van der Waals surface area contributed by atoms with Crippen molar-refractivity contribution in [2.75, 3.05) is 28.6 Å². The quantitative estimate of drug-likeness (QED) is 0.850. The molecule has 2 amide bonds. The summed E-state index contributed by atoms with van der Waals surface area (Å²) in [7, 11) is 0. The highest BCUT2D eigenvalue weighted by atomic mass is 16.2. The standard InChI is InChI=1S/C19H23N3O2/c1-4-22(5-2)18-12-6-15(7-13-18)19(24)21-17-10-8-16(9-11-17)20-14(3)23/h6-13H,4-5H2,1-3H3,(H,20,23)(H,21,24). The lowest BCUT2D eigenvalue weighted by Gasteiger charge is -2.21. The zero-order chi connectivity index (χ0) is 17.5. The fourth-order valence-electron chi connectivity index (χ4n) is 2.46. The first-order valence-corrected chi connectivity index (χ1v) is 8.07. The molecule has 0 unspecified atom stereocenters. The number of hydrogen-bond acceptors (Lipinski definition) is 3. The van der Waals surface area contributed by atoms with Crippen molar-refractivity contribution < 1.29 is 9.59 Å². The van der Waals surface area contributed by atoms with E-state index in [0.717, 1.165) is 18.8 Å². The lowest BCUT2D eigenvalue weighted by atomic mass is 10.1. The van der Waals surface area contributed by atoms with Gasteiger partial charge in [0, 0.05) is 42.6 Å². The summed E-state index contributed by atoms with van der Waals surface area (Å²) in [6.45, 7) is 7.53. The van der Waals surface area contributed by atoms with Gasteiger partial charge in [0.2, 0.25) is 5.91 Å². The first-order valence-electron chi connectivity index (χ1n) is 8.07. The molecule has 0 atom stereocenters. The molecule has 0 aromatic heterocycles. The number of nitrogens with one attached hydrogen (secondary N) is 2. The van der Waals surface area contributed by atoms with Crippen molar-refractivity contribution >= 4 is 28.9 Å². The fourth-order valence-corrected chi connectivity index (χ4v) is 2.46. The second-order valence-electron chi connectivity index (χ2n) is 5.43. The van der Waals surface area contributed by atoms with E-state index >= 15 is 0 Å². The van der Waals surface area contributed by atoms with Gasteiger partial charge in [-0.05, 0) is 62.4 Å². The Hall–Kier alpha value is -2.82. The third kappa shape index (κ3) is 4.59. The van der Waals surface area contributed by atoms with E-state index in [1.165, 1.54) is 6.92 Å². The van der Waals surface area contributed by atoms with Crippen LogP contribution in [0.2, 0.25) is 0 Å². The van der Waals surface area contributed by atoms with Crippen LogP contribution >= 0.6 is 0 Å². The summed E-state index contributed by atoms with van der Waals surface area (Å²) in [4.78, 5) is 25.5. The van der Waals surface area contributed by atoms with E-state index in [9.17, 15) is 9.59 Å². The molecular weight excluding hydrogens is 302 g/mol. The highest BCUT2D eigenvalue weighted by Crippen LogP contribution is 2.17. The van der Waals surface area contributed by atoms with E-state index in [1.807, 2.05) is 24.3 Å². The average Bonchev–Trinajstić information content (AvgIpc) is 2.58. The molecule has 2 rings (SSSR count). The molecule has 5 nitrogen and oxygen atoms in total. The average molecular weight is 325 g/mol. The van der Waals surface area contributed by atoms with Gasteiger partial charge in [0.05, 0.1) is 0 Å². The zero-order valence-corrected chi connectivity index (χ0v) is 14.3. The van der Waals surface area contributed by atoms with Crippen LogP contribution in [0.3, 0.4) is 0 Å².